The maximum atomic E-state index is 11.9. The molecule has 0 aliphatic heterocycles. The van der Waals surface area contributed by atoms with Gasteiger partial charge in [-0.3, -0.25) is 4.79 Å². The fourth-order valence-electron chi connectivity index (χ4n) is 1.32. The van der Waals surface area contributed by atoms with Gasteiger partial charge in [0.25, 0.3) is 0 Å². The van der Waals surface area contributed by atoms with Crippen molar-refractivity contribution in [1.82, 2.24) is 0 Å². The molecule has 78 valence electrons. The van der Waals surface area contributed by atoms with Gasteiger partial charge < -0.3 is 5.73 Å². The fourth-order valence-corrected chi connectivity index (χ4v) is 2.89. The van der Waals surface area contributed by atoms with Crippen LogP contribution in [-0.4, -0.2) is 5.78 Å². The van der Waals surface area contributed by atoms with Gasteiger partial charge in [0, 0.05) is 9.75 Å². The molecule has 2 aromatic rings. The molecule has 0 saturated carbocycles. The van der Waals surface area contributed by atoms with E-state index >= 15 is 0 Å². The Bertz CT molecular complexity index is 459. The van der Waals surface area contributed by atoms with Gasteiger partial charge in [-0.15, -0.1) is 22.7 Å². The van der Waals surface area contributed by atoms with Crippen molar-refractivity contribution in [1.29, 1.82) is 0 Å². The van der Waals surface area contributed by atoms with E-state index in [0.717, 1.165) is 14.6 Å². The summed E-state index contributed by atoms with van der Waals surface area (Å²) in [5.74, 6) is 0.00977. The van der Waals surface area contributed by atoms with Crippen molar-refractivity contribution >= 4 is 28.5 Å². The number of carbonyl (C=O) groups excluding carboxylic acids is 1. The van der Waals surface area contributed by atoms with Gasteiger partial charge in [-0.25, -0.2) is 0 Å². The topological polar surface area (TPSA) is 43.1 Å². The molecule has 0 fully saturated rings. The highest BCUT2D eigenvalue weighted by Crippen LogP contribution is 2.24. The smallest absolute Gasteiger partial charge is 0.194 e. The molecule has 2 rings (SSSR count). The molecule has 4 heteroatoms. The standard InChI is InChI=1S/C11H11NOS2/c1-7-4-5-9(15-7)11(13)10(12)8-3-2-6-14-8/h2-6,10H,12H2,1H3. The van der Waals surface area contributed by atoms with Crippen molar-refractivity contribution in [2.45, 2.75) is 13.0 Å². The first-order chi connectivity index (χ1) is 7.18. The van der Waals surface area contributed by atoms with E-state index in [1.54, 1.807) is 0 Å². The van der Waals surface area contributed by atoms with Crippen LogP contribution >= 0.6 is 22.7 Å². The van der Waals surface area contributed by atoms with E-state index in [1.807, 2.05) is 36.6 Å². The molecule has 2 nitrogen and oxygen atoms in total. The van der Waals surface area contributed by atoms with Crippen molar-refractivity contribution in [3.63, 3.8) is 0 Å². The lowest BCUT2D eigenvalue weighted by atomic mass is 10.1. The average molecular weight is 237 g/mol. The Hall–Kier alpha value is -0.970. The summed E-state index contributed by atoms with van der Waals surface area (Å²) in [6.07, 6.45) is 0. The SMILES string of the molecule is Cc1ccc(C(=O)C(N)c2cccs2)s1. The van der Waals surface area contributed by atoms with Crippen molar-refractivity contribution in [3.05, 3.63) is 44.3 Å². The van der Waals surface area contributed by atoms with Crippen LogP contribution < -0.4 is 5.73 Å². The van der Waals surface area contributed by atoms with Crippen LogP contribution in [0.2, 0.25) is 0 Å². The lowest BCUT2D eigenvalue weighted by Crippen LogP contribution is -2.19. The second-order valence-electron chi connectivity index (χ2n) is 3.27. The Morgan fingerprint density at radius 1 is 1.40 bits per heavy atom. The van der Waals surface area contributed by atoms with Crippen LogP contribution in [0.1, 0.15) is 25.5 Å². The van der Waals surface area contributed by atoms with Crippen molar-refractivity contribution < 1.29 is 4.79 Å². The monoisotopic (exact) mass is 237 g/mol. The Labute approximate surface area is 96.4 Å². The number of thiophene rings is 2. The third kappa shape index (κ3) is 2.17. The summed E-state index contributed by atoms with van der Waals surface area (Å²) in [6, 6.07) is 7.08. The number of ketones is 1. The van der Waals surface area contributed by atoms with E-state index in [0.29, 0.717) is 0 Å². The number of Topliss-reactive ketones (excluding diaryl/α,β-unsaturated/α-hetero) is 1. The molecular formula is C11H11NOS2. The second kappa shape index (κ2) is 4.26. The zero-order valence-corrected chi connectivity index (χ0v) is 9.90. The highest BCUT2D eigenvalue weighted by Gasteiger charge is 2.19. The van der Waals surface area contributed by atoms with Crippen LogP contribution in [0.5, 0.6) is 0 Å². The first kappa shape index (κ1) is 10.5. The summed E-state index contributed by atoms with van der Waals surface area (Å²) >= 11 is 3.02. The summed E-state index contributed by atoms with van der Waals surface area (Å²) in [4.78, 5) is 14.8. The van der Waals surface area contributed by atoms with Crippen molar-refractivity contribution in [2.24, 2.45) is 5.73 Å². The molecular weight excluding hydrogens is 226 g/mol. The Balaban J connectivity index is 2.22. The Kier molecular flexibility index (Phi) is 3.00. The normalized spacial score (nSPS) is 12.7. The van der Waals surface area contributed by atoms with E-state index in [-0.39, 0.29) is 5.78 Å². The third-order valence-electron chi connectivity index (χ3n) is 2.12. The van der Waals surface area contributed by atoms with Gasteiger partial charge in [0.2, 0.25) is 0 Å². The number of carbonyl (C=O) groups is 1. The maximum Gasteiger partial charge on any atom is 0.194 e. The molecule has 0 bridgehead atoms. The van der Waals surface area contributed by atoms with Gasteiger partial charge in [0.05, 0.1) is 4.88 Å². The minimum Gasteiger partial charge on any atom is -0.317 e. The number of hydrogen-bond acceptors (Lipinski definition) is 4. The van der Waals surface area contributed by atoms with Crippen LogP contribution in [0.15, 0.2) is 29.6 Å². The number of rotatable bonds is 3. The molecule has 2 heterocycles. The first-order valence-electron chi connectivity index (χ1n) is 4.58. The molecule has 0 aromatic carbocycles. The van der Waals surface area contributed by atoms with E-state index in [9.17, 15) is 4.79 Å². The van der Waals surface area contributed by atoms with Crippen LogP contribution in [0.3, 0.4) is 0 Å². The summed E-state index contributed by atoms with van der Waals surface area (Å²) in [6.45, 7) is 1.98. The molecule has 0 spiro atoms. The van der Waals surface area contributed by atoms with E-state index in [4.69, 9.17) is 5.73 Å². The van der Waals surface area contributed by atoms with Gasteiger partial charge >= 0.3 is 0 Å². The Morgan fingerprint density at radius 3 is 2.73 bits per heavy atom. The summed E-state index contributed by atoms with van der Waals surface area (Å²) in [5.41, 5.74) is 5.89. The molecule has 1 unspecified atom stereocenters. The Morgan fingerprint density at radius 2 is 2.20 bits per heavy atom. The lowest BCUT2D eigenvalue weighted by Gasteiger charge is -2.05. The summed E-state index contributed by atoms with van der Waals surface area (Å²) < 4.78 is 0. The van der Waals surface area contributed by atoms with E-state index < -0.39 is 6.04 Å². The zero-order valence-electron chi connectivity index (χ0n) is 8.27. The summed E-state index contributed by atoms with van der Waals surface area (Å²) in [7, 11) is 0. The van der Waals surface area contributed by atoms with Gasteiger partial charge in [-0.2, -0.15) is 0 Å². The van der Waals surface area contributed by atoms with E-state index in [2.05, 4.69) is 0 Å². The molecule has 0 saturated heterocycles. The molecule has 0 radical (unpaired) electrons. The lowest BCUT2D eigenvalue weighted by molar-refractivity contribution is 0.0966. The number of nitrogens with two attached hydrogens (primary N) is 1. The summed E-state index contributed by atoms with van der Waals surface area (Å²) in [5, 5.41) is 1.93. The average Bonchev–Trinajstić information content (AvgIpc) is 2.85. The van der Waals surface area contributed by atoms with Crippen LogP contribution in [-0.2, 0) is 0 Å². The van der Waals surface area contributed by atoms with Gasteiger partial charge in [0.15, 0.2) is 5.78 Å². The first-order valence-corrected chi connectivity index (χ1v) is 6.28. The zero-order chi connectivity index (χ0) is 10.8. The predicted molar refractivity (Wildman–Crippen MR) is 64.6 cm³/mol. The quantitative estimate of drug-likeness (QED) is 0.834. The van der Waals surface area contributed by atoms with Crippen LogP contribution in [0.4, 0.5) is 0 Å². The second-order valence-corrected chi connectivity index (χ2v) is 5.53. The molecule has 15 heavy (non-hydrogen) atoms. The molecule has 0 aliphatic rings. The predicted octanol–water partition coefficient (Wildman–Crippen LogP) is 3.00. The van der Waals surface area contributed by atoms with Crippen molar-refractivity contribution in [3.8, 4) is 0 Å². The molecule has 2 N–H and O–H groups in total. The highest BCUT2D eigenvalue weighted by molar-refractivity contribution is 7.14. The van der Waals surface area contributed by atoms with Gasteiger partial charge in [-0.05, 0) is 30.5 Å². The van der Waals surface area contributed by atoms with Crippen LogP contribution in [0, 0.1) is 6.92 Å². The van der Waals surface area contributed by atoms with Crippen LogP contribution in [0.25, 0.3) is 0 Å². The van der Waals surface area contributed by atoms with E-state index in [1.165, 1.54) is 22.7 Å². The largest absolute Gasteiger partial charge is 0.317 e. The minimum atomic E-state index is -0.511. The molecule has 0 aliphatic carbocycles. The van der Waals surface area contributed by atoms with Gasteiger partial charge in [0.1, 0.15) is 6.04 Å². The van der Waals surface area contributed by atoms with Crippen molar-refractivity contribution in [2.75, 3.05) is 0 Å². The molecule has 1 atom stereocenters. The number of hydrogen-bond donors (Lipinski definition) is 1. The highest BCUT2D eigenvalue weighted by atomic mass is 32.1. The third-order valence-corrected chi connectivity index (χ3v) is 4.09. The fraction of sp³-hybridized carbons (Fsp3) is 0.182. The number of aryl methyl sites for hydroxylation is 1. The molecule has 0 amide bonds. The van der Waals surface area contributed by atoms with Gasteiger partial charge in [-0.1, -0.05) is 6.07 Å². The minimum absolute atomic E-state index is 0.00977. The maximum absolute atomic E-state index is 11.9. The molecule has 2 aromatic heterocycles.